The summed E-state index contributed by atoms with van der Waals surface area (Å²) in [6.45, 7) is 8.06. The minimum absolute atomic E-state index is 0.223. The lowest BCUT2D eigenvalue weighted by atomic mass is 10.0. The molecule has 1 unspecified atom stereocenters. The summed E-state index contributed by atoms with van der Waals surface area (Å²) in [4.78, 5) is 22.5. The van der Waals surface area contributed by atoms with Crippen molar-refractivity contribution in [3.8, 4) is 0 Å². The molecule has 1 atom stereocenters. The van der Waals surface area contributed by atoms with E-state index >= 15 is 0 Å². The molecule has 2 amide bonds. The van der Waals surface area contributed by atoms with Crippen molar-refractivity contribution in [2.24, 2.45) is 5.92 Å². The number of carbonyl (C=O) groups excluding carboxylic acids is 1. The third kappa shape index (κ3) is 10.1. The summed E-state index contributed by atoms with van der Waals surface area (Å²) in [7, 11) is 0. The summed E-state index contributed by atoms with van der Waals surface area (Å²) in [5.74, 6) is -0.768. The first-order chi connectivity index (χ1) is 8.97. The van der Waals surface area contributed by atoms with Gasteiger partial charge in [-0.25, -0.2) is 9.59 Å². The Balaban J connectivity index is 3.81. The molecule has 0 aliphatic carbocycles. The molecule has 0 spiro atoms. The van der Waals surface area contributed by atoms with Gasteiger partial charge in [-0.2, -0.15) is 0 Å². The van der Waals surface area contributed by atoms with Crippen molar-refractivity contribution in [1.29, 1.82) is 0 Å². The van der Waals surface area contributed by atoms with Gasteiger partial charge in [0.15, 0.2) is 0 Å². The minimum Gasteiger partial charge on any atom is -0.480 e. The number of hydrogen-bond acceptors (Lipinski definition) is 2. The molecule has 0 aliphatic heterocycles. The number of carbonyl (C=O) groups is 2. The topological polar surface area (TPSA) is 78.4 Å². The molecule has 0 bridgehead atoms. The van der Waals surface area contributed by atoms with Crippen LogP contribution in [0.3, 0.4) is 0 Å². The zero-order valence-electron chi connectivity index (χ0n) is 11.9. The van der Waals surface area contributed by atoms with Gasteiger partial charge in [0.25, 0.3) is 0 Å². The second-order valence-electron chi connectivity index (χ2n) is 5.06. The van der Waals surface area contributed by atoms with E-state index < -0.39 is 18.0 Å². The maximum Gasteiger partial charge on any atom is 0.326 e. The molecule has 0 aromatic heterocycles. The zero-order valence-corrected chi connectivity index (χ0v) is 11.9. The number of nitrogens with one attached hydrogen (secondary N) is 2. The van der Waals surface area contributed by atoms with Gasteiger partial charge in [-0.15, -0.1) is 6.58 Å². The van der Waals surface area contributed by atoms with Crippen molar-refractivity contribution < 1.29 is 14.7 Å². The Bertz CT molecular complexity index is 290. The van der Waals surface area contributed by atoms with Gasteiger partial charge in [-0.3, -0.25) is 0 Å². The first kappa shape index (κ1) is 17.5. The van der Waals surface area contributed by atoms with E-state index in [1.165, 1.54) is 0 Å². The van der Waals surface area contributed by atoms with Crippen LogP contribution in [0.2, 0.25) is 0 Å². The molecule has 0 saturated carbocycles. The summed E-state index contributed by atoms with van der Waals surface area (Å²) in [6.07, 6.45) is 6.29. The van der Waals surface area contributed by atoms with Crippen molar-refractivity contribution in [3.05, 3.63) is 12.7 Å². The van der Waals surface area contributed by atoms with Crippen LogP contribution in [-0.2, 0) is 4.79 Å². The lowest BCUT2D eigenvalue weighted by molar-refractivity contribution is -0.139. The van der Waals surface area contributed by atoms with Crippen molar-refractivity contribution in [2.45, 2.75) is 52.0 Å². The van der Waals surface area contributed by atoms with Crippen LogP contribution in [-0.4, -0.2) is 29.7 Å². The van der Waals surface area contributed by atoms with Crippen LogP contribution in [0, 0.1) is 5.92 Å². The average molecular weight is 270 g/mol. The number of rotatable bonds is 10. The van der Waals surface area contributed by atoms with E-state index in [1.54, 1.807) is 0 Å². The molecule has 5 nitrogen and oxygen atoms in total. The highest BCUT2D eigenvalue weighted by atomic mass is 16.4. The fourth-order valence-corrected chi connectivity index (χ4v) is 1.69. The number of unbranched alkanes of at least 4 members (excludes halogenated alkanes) is 3. The summed E-state index contributed by atoms with van der Waals surface area (Å²) in [6, 6.07) is -1.22. The number of amides is 2. The molecule has 0 radical (unpaired) electrons. The molecular weight excluding hydrogens is 244 g/mol. The Morgan fingerprint density at radius 2 is 1.95 bits per heavy atom. The number of hydrogen-bond donors (Lipinski definition) is 3. The normalized spacial score (nSPS) is 11.9. The van der Waals surface area contributed by atoms with Crippen molar-refractivity contribution >= 4 is 12.0 Å². The largest absolute Gasteiger partial charge is 0.480 e. The lowest BCUT2D eigenvalue weighted by Crippen LogP contribution is -2.46. The predicted octanol–water partition coefficient (Wildman–Crippen LogP) is 2.53. The number of allylic oxidation sites excluding steroid dienone is 1. The van der Waals surface area contributed by atoms with Crippen molar-refractivity contribution in [1.82, 2.24) is 10.6 Å². The maximum atomic E-state index is 11.5. The summed E-state index contributed by atoms with van der Waals surface area (Å²) < 4.78 is 0. The summed E-state index contributed by atoms with van der Waals surface area (Å²) >= 11 is 0. The minimum atomic E-state index is -0.991. The zero-order chi connectivity index (χ0) is 14.7. The van der Waals surface area contributed by atoms with Gasteiger partial charge in [-0.1, -0.05) is 26.3 Å². The number of carboxylic acid groups (broad SMARTS) is 1. The van der Waals surface area contributed by atoms with Crippen LogP contribution < -0.4 is 10.6 Å². The third-order valence-corrected chi connectivity index (χ3v) is 2.68. The Labute approximate surface area is 115 Å². The summed E-state index contributed by atoms with van der Waals surface area (Å²) in [5.41, 5.74) is 0. The van der Waals surface area contributed by atoms with E-state index in [9.17, 15) is 9.59 Å². The molecule has 0 saturated heterocycles. The number of carboxylic acids is 1. The van der Waals surface area contributed by atoms with E-state index in [2.05, 4.69) is 17.2 Å². The molecule has 0 heterocycles. The van der Waals surface area contributed by atoms with Crippen molar-refractivity contribution in [2.75, 3.05) is 6.54 Å². The highest BCUT2D eigenvalue weighted by Gasteiger charge is 2.20. The van der Waals surface area contributed by atoms with Crippen LogP contribution in [0.4, 0.5) is 4.79 Å². The van der Waals surface area contributed by atoms with Crippen LogP contribution in [0.25, 0.3) is 0 Å². The smallest absolute Gasteiger partial charge is 0.326 e. The van der Waals surface area contributed by atoms with Gasteiger partial charge in [0.05, 0.1) is 0 Å². The van der Waals surface area contributed by atoms with Crippen molar-refractivity contribution in [3.63, 3.8) is 0 Å². The van der Waals surface area contributed by atoms with Gasteiger partial charge in [0.1, 0.15) is 6.04 Å². The van der Waals surface area contributed by atoms with Gasteiger partial charge in [-0.05, 0) is 31.6 Å². The van der Waals surface area contributed by atoms with Crippen LogP contribution in [0.1, 0.15) is 46.0 Å². The molecule has 5 heteroatoms. The SMILES string of the molecule is C=CCCCCCNC(=O)NC(CC(C)C)C(=O)O. The number of aliphatic carboxylic acids is 1. The molecule has 0 fully saturated rings. The van der Waals surface area contributed by atoms with Gasteiger partial charge in [0, 0.05) is 6.54 Å². The lowest BCUT2D eigenvalue weighted by Gasteiger charge is -2.16. The highest BCUT2D eigenvalue weighted by molar-refractivity contribution is 5.82. The predicted molar refractivity (Wildman–Crippen MR) is 76.1 cm³/mol. The standard InChI is InChI=1S/C14H26N2O3/c1-4-5-6-7-8-9-15-14(19)16-12(13(17)18)10-11(2)3/h4,11-12H,1,5-10H2,2-3H3,(H,17,18)(H2,15,16,19). The third-order valence-electron chi connectivity index (χ3n) is 2.68. The number of urea groups is 1. The second kappa shape index (κ2) is 10.4. The monoisotopic (exact) mass is 270 g/mol. The Hall–Kier alpha value is -1.52. The molecule has 0 aromatic carbocycles. The molecule has 3 N–H and O–H groups in total. The second-order valence-corrected chi connectivity index (χ2v) is 5.06. The average Bonchev–Trinajstić information content (AvgIpc) is 2.32. The first-order valence-corrected chi connectivity index (χ1v) is 6.85. The van der Waals surface area contributed by atoms with E-state index in [1.807, 2.05) is 19.9 Å². The van der Waals surface area contributed by atoms with Crippen LogP contribution >= 0.6 is 0 Å². The molecule has 0 aliphatic rings. The van der Waals surface area contributed by atoms with Gasteiger partial charge < -0.3 is 15.7 Å². The molecular formula is C14H26N2O3. The van der Waals surface area contributed by atoms with Gasteiger partial charge in [0.2, 0.25) is 0 Å². The fraction of sp³-hybridized carbons (Fsp3) is 0.714. The fourth-order valence-electron chi connectivity index (χ4n) is 1.69. The molecule has 110 valence electrons. The maximum absolute atomic E-state index is 11.5. The highest BCUT2D eigenvalue weighted by Crippen LogP contribution is 2.04. The Kier molecular flexibility index (Phi) is 9.57. The first-order valence-electron chi connectivity index (χ1n) is 6.85. The van der Waals surface area contributed by atoms with E-state index in [0.717, 1.165) is 25.7 Å². The molecule has 0 aromatic rings. The van der Waals surface area contributed by atoms with E-state index in [4.69, 9.17) is 5.11 Å². The Morgan fingerprint density at radius 3 is 2.47 bits per heavy atom. The van der Waals surface area contributed by atoms with Crippen LogP contribution in [0.5, 0.6) is 0 Å². The quantitative estimate of drug-likeness (QED) is 0.421. The van der Waals surface area contributed by atoms with Crippen LogP contribution in [0.15, 0.2) is 12.7 Å². The van der Waals surface area contributed by atoms with E-state index in [-0.39, 0.29) is 5.92 Å². The van der Waals surface area contributed by atoms with E-state index in [0.29, 0.717) is 13.0 Å². The molecule has 0 rings (SSSR count). The Morgan fingerprint density at radius 1 is 1.26 bits per heavy atom. The molecule has 19 heavy (non-hydrogen) atoms. The van der Waals surface area contributed by atoms with Gasteiger partial charge >= 0.3 is 12.0 Å². The summed E-state index contributed by atoms with van der Waals surface area (Å²) in [5, 5.41) is 14.2.